The van der Waals surface area contributed by atoms with Gasteiger partial charge in [-0.1, -0.05) is 24.3 Å². The molecule has 25 heavy (non-hydrogen) atoms. The number of aromatic amines is 2. The Morgan fingerprint density at radius 3 is 2.84 bits per heavy atom. The van der Waals surface area contributed by atoms with Crippen molar-refractivity contribution in [2.75, 3.05) is 18.0 Å². The summed E-state index contributed by atoms with van der Waals surface area (Å²) in [6, 6.07) is 8.61. The number of hydrogen-bond acceptors (Lipinski definition) is 5. The van der Waals surface area contributed by atoms with Crippen LogP contribution in [0.15, 0.2) is 35.3 Å². The van der Waals surface area contributed by atoms with E-state index in [1.807, 2.05) is 0 Å². The molecule has 0 saturated carbocycles. The first-order chi connectivity index (χ1) is 12.2. The van der Waals surface area contributed by atoms with Gasteiger partial charge in [-0.2, -0.15) is 10.1 Å². The number of piperidine rings is 1. The van der Waals surface area contributed by atoms with Gasteiger partial charge in [-0.3, -0.25) is 14.9 Å². The second-order valence-electron chi connectivity index (χ2n) is 7.22. The summed E-state index contributed by atoms with van der Waals surface area (Å²) >= 11 is 0. The van der Waals surface area contributed by atoms with Gasteiger partial charge in [-0.25, -0.2) is 0 Å². The van der Waals surface area contributed by atoms with Gasteiger partial charge in [0.1, 0.15) is 5.39 Å². The third kappa shape index (κ3) is 2.12. The fourth-order valence-corrected chi connectivity index (χ4v) is 4.45. The minimum absolute atomic E-state index is 0.0907. The maximum atomic E-state index is 12.2. The molecule has 4 N–H and O–H groups in total. The van der Waals surface area contributed by atoms with Crippen molar-refractivity contribution in [1.82, 2.24) is 20.2 Å². The van der Waals surface area contributed by atoms with Gasteiger partial charge in [-0.05, 0) is 35.8 Å². The monoisotopic (exact) mass is 336 g/mol. The Morgan fingerprint density at radius 1 is 1.24 bits per heavy atom. The van der Waals surface area contributed by atoms with Crippen LogP contribution in [0.1, 0.15) is 30.0 Å². The Kier molecular flexibility index (Phi) is 3.03. The maximum absolute atomic E-state index is 12.2. The first kappa shape index (κ1) is 14.7. The molecule has 128 valence electrons. The number of nitrogens with zero attached hydrogens (tertiary/aromatic N) is 3. The van der Waals surface area contributed by atoms with Crippen LogP contribution in [0.2, 0.25) is 0 Å². The van der Waals surface area contributed by atoms with E-state index in [0.29, 0.717) is 17.0 Å². The Bertz CT molecular complexity index is 998. The number of fused-ring (bicyclic) bond motifs is 2. The van der Waals surface area contributed by atoms with Gasteiger partial charge in [-0.15, -0.1) is 0 Å². The van der Waals surface area contributed by atoms with Crippen molar-refractivity contribution < 1.29 is 0 Å². The van der Waals surface area contributed by atoms with E-state index < -0.39 is 0 Å². The lowest BCUT2D eigenvalue weighted by Crippen LogP contribution is -2.45. The van der Waals surface area contributed by atoms with Gasteiger partial charge < -0.3 is 10.6 Å². The minimum Gasteiger partial charge on any atom is -0.342 e. The summed E-state index contributed by atoms with van der Waals surface area (Å²) in [4.78, 5) is 21.7. The lowest BCUT2D eigenvalue weighted by molar-refractivity contribution is 0.187. The number of nitrogens with two attached hydrogens (primary N) is 1. The Balaban J connectivity index is 1.40. The number of benzene rings is 1. The zero-order valence-electron chi connectivity index (χ0n) is 13.8. The molecular weight excluding hydrogens is 316 g/mol. The van der Waals surface area contributed by atoms with Crippen LogP contribution in [0.5, 0.6) is 0 Å². The number of nitrogens with one attached hydrogen (secondary N) is 2. The predicted octanol–water partition coefficient (Wildman–Crippen LogP) is 1.49. The topological polar surface area (TPSA) is 104 Å². The highest BCUT2D eigenvalue weighted by Crippen LogP contribution is 2.50. The lowest BCUT2D eigenvalue weighted by atomic mass is 9.73. The molecule has 1 aliphatic heterocycles. The van der Waals surface area contributed by atoms with Gasteiger partial charge in [0, 0.05) is 19.1 Å². The third-order valence-electron chi connectivity index (χ3n) is 5.96. The second kappa shape index (κ2) is 5.16. The smallest absolute Gasteiger partial charge is 0.263 e. The molecule has 3 aromatic rings. The van der Waals surface area contributed by atoms with Crippen LogP contribution < -0.4 is 16.2 Å². The van der Waals surface area contributed by atoms with Gasteiger partial charge in [0.2, 0.25) is 5.95 Å². The number of hydrogen-bond donors (Lipinski definition) is 3. The summed E-state index contributed by atoms with van der Waals surface area (Å²) in [5.74, 6) is 0.612. The Hall–Kier alpha value is -2.67. The van der Waals surface area contributed by atoms with Crippen molar-refractivity contribution >= 4 is 17.0 Å². The highest BCUT2D eigenvalue weighted by molar-refractivity contribution is 5.73. The number of anilines is 1. The number of H-pyrrole nitrogens is 2. The molecule has 1 aliphatic carbocycles. The van der Waals surface area contributed by atoms with Gasteiger partial charge in [0.15, 0.2) is 5.65 Å². The van der Waals surface area contributed by atoms with Crippen molar-refractivity contribution in [2.24, 2.45) is 11.1 Å². The molecule has 1 spiro atoms. The van der Waals surface area contributed by atoms with E-state index in [1.165, 1.54) is 17.3 Å². The van der Waals surface area contributed by atoms with E-state index in [1.54, 1.807) is 0 Å². The Morgan fingerprint density at radius 2 is 2.04 bits per heavy atom. The predicted molar refractivity (Wildman–Crippen MR) is 95.5 cm³/mol. The summed E-state index contributed by atoms with van der Waals surface area (Å²) < 4.78 is 0. The van der Waals surface area contributed by atoms with Crippen molar-refractivity contribution in [2.45, 2.75) is 25.3 Å². The maximum Gasteiger partial charge on any atom is 0.263 e. The fourth-order valence-electron chi connectivity index (χ4n) is 4.45. The van der Waals surface area contributed by atoms with Gasteiger partial charge in [0.25, 0.3) is 5.56 Å². The summed E-state index contributed by atoms with van der Waals surface area (Å²) in [6.45, 7) is 1.68. The molecule has 0 amide bonds. The molecule has 1 saturated heterocycles. The molecule has 0 bridgehead atoms. The van der Waals surface area contributed by atoms with Crippen LogP contribution in [-0.2, 0) is 6.42 Å². The Labute approximate surface area is 144 Å². The summed E-state index contributed by atoms with van der Waals surface area (Å²) in [5.41, 5.74) is 9.80. The van der Waals surface area contributed by atoms with Crippen LogP contribution >= 0.6 is 0 Å². The number of aromatic nitrogens is 4. The molecule has 1 unspecified atom stereocenters. The second-order valence-corrected chi connectivity index (χ2v) is 7.22. The summed E-state index contributed by atoms with van der Waals surface area (Å²) in [5, 5.41) is 7.17. The van der Waals surface area contributed by atoms with E-state index in [0.717, 1.165) is 32.4 Å². The summed E-state index contributed by atoms with van der Waals surface area (Å²) in [7, 11) is 0. The molecule has 1 fully saturated rings. The number of rotatable bonds is 1. The van der Waals surface area contributed by atoms with Gasteiger partial charge in [0.05, 0.1) is 6.20 Å². The van der Waals surface area contributed by atoms with Crippen molar-refractivity contribution in [3.8, 4) is 0 Å². The summed E-state index contributed by atoms with van der Waals surface area (Å²) in [6.07, 6.45) is 4.54. The quantitative estimate of drug-likeness (QED) is 0.624. The zero-order valence-corrected chi connectivity index (χ0v) is 13.8. The molecular formula is C18H20N6O. The molecule has 7 nitrogen and oxygen atoms in total. The fraction of sp³-hybridized carbons (Fsp3) is 0.389. The van der Waals surface area contributed by atoms with Crippen LogP contribution in [0, 0.1) is 5.41 Å². The van der Waals surface area contributed by atoms with Gasteiger partial charge >= 0.3 is 0 Å². The molecule has 3 heterocycles. The lowest BCUT2D eigenvalue weighted by Gasteiger charge is -2.42. The van der Waals surface area contributed by atoms with Crippen molar-refractivity contribution in [3.05, 3.63) is 51.9 Å². The third-order valence-corrected chi connectivity index (χ3v) is 5.96. The van der Waals surface area contributed by atoms with E-state index in [2.05, 4.69) is 49.3 Å². The van der Waals surface area contributed by atoms with Crippen LogP contribution in [-0.4, -0.2) is 33.3 Å². The molecule has 1 aromatic carbocycles. The SMILES string of the molecule is NC1c2ccccc2CC12CCN(c1nc3[nH]ncc3c(=O)[nH]1)CC2. The van der Waals surface area contributed by atoms with Crippen molar-refractivity contribution in [3.63, 3.8) is 0 Å². The van der Waals surface area contributed by atoms with E-state index in [9.17, 15) is 4.79 Å². The molecule has 2 aromatic heterocycles. The molecule has 2 aliphatic rings. The average Bonchev–Trinajstić information content (AvgIpc) is 3.20. The average molecular weight is 336 g/mol. The van der Waals surface area contributed by atoms with Crippen LogP contribution in [0.4, 0.5) is 5.95 Å². The highest BCUT2D eigenvalue weighted by atomic mass is 16.1. The van der Waals surface area contributed by atoms with Crippen LogP contribution in [0.25, 0.3) is 11.0 Å². The first-order valence-electron chi connectivity index (χ1n) is 8.68. The standard InChI is InChI=1S/C18H20N6O/c19-14-12-4-2-1-3-11(12)9-18(14)5-7-24(8-6-18)17-21-15-13(10-20-23-15)16(25)22-17/h1-4,10,14H,5-9,19H2,(H2,20,21,22,23,25). The highest BCUT2D eigenvalue weighted by Gasteiger charge is 2.45. The minimum atomic E-state index is -0.154. The van der Waals surface area contributed by atoms with Crippen LogP contribution in [0.3, 0.4) is 0 Å². The first-order valence-corrected chi connectivity index (χ1v) is 8.68. The van der Waals surface area contributed by atoms with Crippen molar-refractivity contribution in [1.29, 1.82) is 0 Å². The molecule has 7 heteroatoms. The zero-order chi connectivity index (χ0) is 17.0. The van der Waals surface area contributed by atoms with E-state index in [4.69, 9.17) is 5.73 Å². The normalized spacial score (nSPS) is 21.8. The molecule has 1 atom stereocenters. The molecule has 5 rings (SSSR count). The largest absolute Gasteiger partial charge is 0.342 e. The molecule has 0 radical (unpaired) electrons. The van der Waals surface area contributed by atoms with E-state index in [-0.39, 0.29) is 17.0 Å². The van der Waals surface area contributed by atoms with E-state index >= 15 is 0 Å².